The molecular weight excluding hydrogens is 196 g/mol. The lowest BCUT2D eigenvalue weighted by atomic mass is 9.96. The van der Waals surface area contributed by atoms with Crippen LogP contribution in [0.15, 0.2) is 0 Å². The summed E-state index contributed by atoms with van der Waals surface area (Å²) >= 11 is 0. The van der Waals surface area contributed by atoms with Crippen molar-refractivity contribution in [1.29, 1.82) is 0 Å². The van der Waals surface area contributed by atoms with Crippen LogP contribution in [-0.4, -0.2) is 29.6 Å². The van der Waals surface area contributed by atoms with Crippen LogP contribution in [0.25, 0.3) is 0 Å². The first-order valence-electron chi connectivity index (χ1n) is 7.16. The summed E-state index contributed by atoms with van der Waals surface area (Å²) in [6.07, 6.45) is 9.05. The molecule has 2 nitrogen and oxygen atoms in total. The molecule has 3 atom stereocenters. The zero-order valence-electron chi connectivity index (χ0n) is 11.4. The average Bonchev–Trinajstić information content (AvgIpc) is 2.23. The molecule has 0 aromatic heterocycles. The second-order valence-corrected chi connectivity index (χ2v) is 5.56. The summed E-state index contributed by atoms with van der Waals surface area (Å²) in [5, 5.41) is 0. The Balaban J connectivity index is 2.19. The van der Waals surface area contributed by atoms with Gasteiger partial charge in [-0.25, -0.2) is 0 Å². The van der Waals surface area contributed by atoms with Crippen LogP contribution in [0.3, 0.4) is 0 Å². The van der Waals surface area contributed by atoms with Gasteiger partial charge in [0, 0.05) is 18.1 Å². The molecule has 2 unspecified atom stereocenters. The molecule has 0 aromatic rings. The van der Waals surface area contributed by atoms with Crippen molar-refractivity contribution in [1.82, 2.24) is 4.90 Å². The molecule has 0 bridgehead atoms. The van der Waals surface area contributed by atoms with E-state index in [0.29, 0.717) is 6.04 Å². The van der Waals surface area contributed by atoms with Crippen LogP contribution in [0.2, 0.25) is 0 Å². The Morgan fingerprint density at radius 1 is 1.19 bits per heavy atom. The van der Waals surface area contributed by atoms with Gasteiger partial charge in [0.25, 0.3) is 0 Å². The van der Waals surface area contributed by atoms with Crippen LogP contribution in [0.1, 0.15) is 65.7 Å². The maximum Gasteiger partial charge on any atom is 0.00697 e. The number of likely N-dealkylation sites (tertiary alicyclic amines) is 1. The smallest absolute Gasteiger partial charge is 0.00697 e. The van der Waals surface area contributed by atoms with E-state index in [1.165, 1.54) is 51.5 Å². The summed E-state index contributed by atoms with van der Waals surface area (Å²) in [5.41, 5.74) is 6.05. The summed E-state index contributed by atoms with van der Waals surface area (Å²) in [6, 6.07) is 2.00. The number of rotatable bonds is 6. The minimum atomic E-state index is 0.431. The molecule has 0 aliphatic carbocycles. The molecule has 0 amide bonds. The molecule has 1 aliphatic rings. The lowest BCUT2D eigenvalue weighted by molar-refractivity contribution is 0.101. The van der Waals surface area contributed by atoms with E-state index in [2.05, 4.69) is 25.7 Å². The fourth-order valence-electron chi connectivity index (χ4n) is 2.97. The first-order valence-corrected chi connectivity index (χ1v) is 7.16. The highest BCUT2D eigenvalue weighted by Crippen LogP contribution is 2.22. The maximum absolute atomic E-state index is 6.05. The Morgan fingerprint density at radius 2 is 1.81 bits per heavy atom. The van der Waals surface area contributed by atoms with Crippen molar-refractivity contribution in [3.8, 4) is 0 Å². The molecule has 0 saturated carbocycles. The maximum atomic E-state index is 6.05. The van der Waals surface area contributed by atoms with Crippen LogP contribution >= 0.6 is 0 Å². The third-order valence-corrected chi connectivity index (χ3v) is 4.03. The highest BCUT2D eigenvalue weighted by atomic mass is 15.2. The molecule has 1 heterocycles. The third-order valence-electron chi connectivity index (χ3n) is 4.03. The minimum Gasteiger partial charge on any atom is -0.328 e. The number of nitrogens with zero attached hydrogens (tertiary/aromatic N) is 1. The Labute approximate surface area is 102 Å². The molecule has 0 radical (unpaired) electrons. The second-order valence-electron chi connectivity index (χ2n) is 5.56. The highest BCUT2D eigenvalue weighted by molar-refractivity contribution is 4.79. The van der Waals surface area contributed by atoms with Gasteiger partial charge in [0.2, 0.25) is 0 Å². The number of piperidine rings is 1. The summed E-state index contributed by atoms with van der Waals surface area (Å²) < 4.78 is 0. The van der Waals surface area contributed by atoms with Crippen molar-refractivity contribution in [2.75, 3.05) is 6.54 Å². The number of hydrogen-bond donors (Lipinski definition) is 1. The zero-order valence-corrected chi connectivity index (χ0v) is 11.4. The Bertz CT molecular complexity index is 172. The molecule has 0 spiro atoms. The third kappa shape index (κ3) is 4.42. The van der Waals surface area contributed by atoms with E-state index in [4.69, 9.17) is 5.73 Å². The molecular formula is C14H30N2. The van der Waals surface area contributed by atoms with Gasteiger partial charge in [0.1, 0.15) is 0 Å². The standard InChI is InChI=1S/C14H30N2/c1-4-7-14(15)10-6-11-16-12(2)8-5-9-13(16)3/h12-14H,4-11,15H2,1-3H3/t12?,13?,14-/m0/s1. The van der Waals surface area contributed by atoms with Gasteiger partial charge in [-0.05, 0) is 52.5 Å². The van der Waals surface area contributed by atoms with Gasteiger partial charge < -0.3 is 5.73 Å². The predicted octanol–water partition coefficient (Wildman–Crippen LogP) is 3.16. The van der Waals surface area contributed by atoms with Gasteiger partial charge in [-0.15, -0.1) is 0 Å². The van der Waals surface area contributed by atoms with Crippen molar-refractivity contribution in [3.63, 3.8) is 0 Å². The second kappa shape index (κ2) is 7.29. The Morgan fingerprint density at radius 3 is 2.38 bits per heavy atom. The fourth-order valence-corrected chi connectivity index (χ4v) is 2.97. The molecule has 16 heavy (non-hydrogen) atoms. The molecule has 96 valence electrons. The predicted molar refractivity (Wildman–Crippen MR) is 71.6 cm³/mol. The van der Waals surface area contributed by atoms with Crippen LogP contribution in [-0.2, 0) is 0 Å². The number of nitrogens with two attached hydrogens (primary N) is 1. The SMILES string of the molecule is CCC[C@H](N)CCCN1C(C)CCCC1C. The first kappa shape index (κ1) is 14.0. The highest BCUT2D eigenvalue weighted by Gasteiger charge is 2.23. The van der Waals surface area contributed by atoms with Gasteiger partial charge in [-0.2, -0.15) is 0 Å². The van der Waals surface area contributed by atoms with Gasteiger partial charge in [-0.3, -0.25) is 4.90 Å². The topological polar surface area (TPSA) is 29.3 Å². The fraction of sp³-hybridized carbons (Fsp3) is 1.00. The molecule has 2 N–H and O–H groups in total. The van der Waals surface area contributed by atoms with E-state index in [1.54, 1.807) is 0 Å². The van der Waals surface area contributed by atoms with E-state index < -0.39 is 0 Å². The minimum absolute atomic E-state index is 0.431. The van der Waals surface area contributed by atoms with Gasteiger partial charge in [0.05, 0.1) is 0 Å². The summed E-state index contributed by atoms with van der Waals surface area (Å²) in [7, 11) is 0. The largest absolute Gasteiger partial charge is 0.328 e. The van der Waals surface area contributed by atoms with E-state index in [0.717, 1.165) is 12.1 Å². The lowest BCUT2D eigenvalue weighted by Crippen LogP contribution is -2.44. The van der Waals surface area contributed by atoms with Crippen LogP contribution in [0.4, 0.5) is 0 Å². The molecule has 1 saturated heterocycles. The normalized spacial score (nSPS) is 29.2. The van der Waals surface area contributed by atoms with Crippen LogP contribution < -0.4 is 5.73 Å². The lowest BCUT2D eigenvalue weighted by Gasteiger charge is -2.39. The first-order chi connectivity index (χ1) is 7.65. The summed E-state index contributed by atoms with van der Waals surface area (Å²) in [5.74, 6) is 0. The van der Waals surface area contributed by atoms with Crippen LogP contribution in [0, 0.1) is 0 Å². The van der Waals surface area contributed by atoms with Crippen molar-refractivity contribution in [2.45, 2.75) is 83.8 Å². The Hall–Kier alpha value is -0.0800. The molecule has 1 fully saturated rings. The van der Waals surface area contributed by atoms with Crippen molar-refractivity contribution >= 4 is 0 Å². The van der Waals surface area contributed by atoms with E-state index in [-0.39, 0.29) is 0 Å². The molecule has 2 heteroatoms. The molecule has 1 rings (SSSR count). The Kier molecular flexibility index (Phi) is 6.37. The van der Waals surface area contributed by atoms with E-state index >= 15 is 0 Å². The van der Waals surface area contributed by atoms with Crippen molar-refractivity contribution in [3.05, 3.63) is 0 Å². The molecule has 1 aliphatic heterocycles. The van der Waals surface area contributed by atoms with Gasteiger partial charge in [-0.1, -0.05) is 19.8 Å². The van der Waals surface area contributed by atoms with Gasteiger partial charge in [0.15, 0.2) is 0 Å². The zero-order chi connectivity index (χ0) is 12.0. The van der Waals surface area contributed by atoms with Crippen LogP contribution in [0.5, 0.6) is 0 Å². The average molecular weight is 226 g/mol. The summed E-state index contributed by atoms with van der Waals surface area (Å²) in [6.45, 7) is 8.22. The van der Waals surface area contributed by atoms with Crippen molar-refractivity contribution in [2.24, 2.45) is 5.73 Å². The van der Waals surface area contributed by atoms with E-state index in [9.17, 15) is 0 Å². The summed E-state index contributed by atoms with van der Waals surface area (Å²) in [4.78, 5) is 2.68. The quantitative estimate of drug-likeness (QED) is 0.754. The van der Waals surface area contributed by atoms with Crippen molar-refractivity contribution < 1.29 is 0 Å². The number of hydrogen-bond acceptors (Lipinski definition) is 2. The van der Waals surface area contributed by atoms with Gasteiger partial charge >= 0.3 is 0 Å². The molecule has 0 aromatic carbocycles. The monoisotopic (exact) mass is 226 g/mol. The van der Waals surface area contributed by atoms with E-state index in [1.807, 2.05) is 0 Å².